The fourth-order valence-corrected chi connectivity index (χ4v) is 5.11. The first-order valence-electron chi connectivity index (χ1n) is 13.8. The van der Waals surface area contributed by atoms with Crippen molar-refractivity contribution in [1.29, 1.82) is 0 Å². The molecule has 0 aromatic carbocycles. The first-order chi connectivity index (χ1) is 17.9. The standard InChI is InChI=1S/C28H53N5O5S/c1-16(2)13-20(24(29)35)31(9)26(37)23(19(7)8)30-25(36)21(14-17(3)4)32(10)27(38)28(39-12)33(11)22(34)15-18(5)6/h16-21,23,28H,13-15H2,1-12H3,(H2,29,35)(H,30,36)/t20-,21-,23-,28+/m0/s1. The maximum atomic E-state index is 13.7. The minimum Gasteiger partial charge on any atom is -0.368 e. The molecule has 0 aliphatic carbocycles. The Morgan fingerprint density at radius 2 is 1.18 bits per heavy atom. The van der Waals surface area contributed by atoms with E-state index in [0.717, 1.165) is 0 Å². The Labute approximate surface area is 240 Å². The maximum Gasteiger partial charge on any atom is 0.256 e. The zero-order valence-electron chi connectivity index (χ0n) is 26.1. The summed E-state index contributed by atoms with van der Waals surface area (Å²) in [6, 6.07) is -2.57. The molecule has 0 rings (SSSR count). The smallest absolute Gasteiger partial charge is 0.256 e. The van der Waals surface area contributed by atoms with E-state index in [4.69, 9.17) is 5.73 Å². The number of carbonyl (C=O) groups is 5. The van der Waals surface area contributed by atoms with Crippen LogP contribution in [0, 0.1) is 23.7 Å². The topological polar surface area (TPSA) is 133 Å². The van der Waals surface area contributed by atoms with E-state index in [2.05, 4.69) is 5.32 Å². The first kappa shape index (κ1) is 36.7. The van der Waals surface area contributed by atoms with Gasteiger partial charge in [-0.15, -0.1) is 11.8 Å². The molecule has 226 valence electrons. The number of primary amides is 1. The van der Waals surface area contributed by atoms with Gasteiger partial charge in [0, 0.05) is 27.6 Å². The summed E-state index contributed by atoms with van der Waals surface area (Å²) in [6.07, 6.45) is 2.84. The molecule has 0 aromatic rings. The van der Waals surface area contributed by atoms with Gasteiger partial charge in [-0.25, -0.2) is 0 Å². The number of nitrogens with one attached hydrogen (secondary N) is 1. The summed E-state index contributed by atoms with van der Waals surface area (Å²) in [4.78, 5) is 69.6. The van der Waals surface area contributed by atoms with Crippen LogP contribution in [0.3, 0.4) is 0 Å². The molecule has 0 saturated heterocycles. The SMILES string of the molecule is CS[C@H](C(=O)N(C)[C@@H](CC(C)C)C(=O)N[C@H](C(=O)N(C)[C@@H](CC(C)C)C(N)=O)C(C)C)N(C)C(=O)CC(C)C. The number of thioether (sulfide) groups is 1. The maximum absolute atomic E-state index is 13.7. The number of hydrogen-bond acceptors (Lipinski definition) is 6. The van der Waals surface area contributed by atoms with Crippen LogP contribution in [0.5, 0.6) is 0 Å². The Bertz CT molecular complexity index is 848. The van der Waals surface area contributed by atoms with Gasteiger partial charge in [0.25, 0.3) is 5.91 Å². The van der Waals surface area contributed by atoms with Crippen molar-refractivity contribution in [2.75, 3.05) is 27.4 Å². The van der Waals surface area contributed by atoms with Crippen molar-refractivity contribution in [2.24, 2.45) is 29.4 Å². The highest BCUT2D eigenvalue weighted by Gasteiger charge is 2.38. The molecule has 0 spiro atoms. The summed E-state index contributed by atoms with van der Waals surface area (Å²) in [6.45, 7) is 15.3. The Kier molecular flexibility index (Phi) is 15.7. The largest absolute Gasteiger partial charge is 0.368 e. The summed E-state index contributed by atoms with van der Waals surface area (Å²) >= 11 is 1.23. The number of hydrogen-bond donors (Lipinski definition) is 2. The second-order valence-electron chi connectivity index (χ2n) is 12.0. The zero-order valence-corrected chi connectivity index (χ0v) is 26.9. The van der Waals surface area contributed by atoms with Gasteiger partial charge in [0.1, 0.15) is 18.1 Å². The van der Waals surface area contributed by atoms with E-state index < -0.39 is 41.2 Å². The van der Waals surface area contributed by atoms with E-state index in [1.54, 1.807) is 20.4 Å². The minimum atomic E-state index is -0.915. The lowest BCUT2D eigenvalue weighted by Crippen LogP contribution is -2.59. The lowest BCUT2D eigenvalue weighted by Gasteiger charge is -2.36. The summed E-state index contributed by atoms with van der Waals surface area (Å²) in [5.41, 5.74) is 5.60. The number of amides is 5. The molecule has 0 bridgehead atoms. The van der Waals surface area contributed by atoms with Crippen molar-refractivity contribution < 1.29 is 24.0 Å². The van der Waals surface area contributed by atoms with Gasteiger partial charge in [0.15, 0.2) is 5.37 Å². The van der Waals surface area contributed by atoms with Crippen molar-refractivity contribution >= 4 is 41.3 Å². The van der Waals surface area contributed by atoms with E-state index in [0.29, 0.717) is 19.3 Å². The number of carbonyl (C=O) groups excluding carboxylic acids is 5. The fraction of sp³-hybridized carbons (Fsp3) is 0.821. The molecule has 0 unspecified atom stereocenters. The molecule has 0 radical (unpaired) electrons. The highest BCUT2D eigenvalue weighted by Crippen LogP contribution is 2.21. The molecule has 0 heterocycles. The Balaban J connectivity index is 6.04. The number of nitrogens with zero attached hydrogens (tertiary/aromatic N) is 3. The lowest BCUT2D eigenvalue weighted by atomic mass is 9.97. The summed E-state index contributed by atoms with van der Waals surface area (Å²) < 4.78 is 0. The van der Waals surface area contributed by atoms with Crippen LogP contribution in [0.15, 0.2) is 0 Å². The average Bonchev–Trinajstić information content (AvgIpc) is 2.81. The third-order valence-electron chi connectivity index (χ3n) is 6.64. The van der Waals surface area contributed by atoms with E-state index in [1.165, 1.54) is 33.5 Å². The van der Waals surface area contributed by atoms with E-state index in [1.807, 2.05) is 55.4 Å². The van der Waals surface area contributed by atoms with E-state index in [-0.39, 0.29) is 35.5 Å². The summed E-state index contributed by atoms with van der Waals surface area (Å²) in [5, 5.41) is 2.07. The molecule has 5 amide bonds. The van der Waals surface area contributed by atoms with Gasteiger partial charge < -0.3 is 25.8 Å². The molecule has 39 heavy (non-hydrogen) atoms. The molecule has 0 aliphatic rings. The van der Waals surface area contributed by atoms with Gasteiger partial charge in [-0.2, -0.15) is 0 Å². The molecule has 3 N–H and O–H groups in total. The van der Waals surface area contributed by atoms with Crippen LogP contribution in [0.2, 0.25) is 0 Å². The van der Waals surface area contributed by atoms with Crippen LogP contribution in [0.25, 0.3) is 0 Å². The third kappa shape index (κ3) is 11.4. The molecular formula is C28H53N5O5S. The zero-order chi connectivity index (χ0) is 30.8. The Morgan fingerprint density at radius 1 is 0.718 bits per heavy atom. The molecular weight excluding hydrogens is 518 g/mol. The fourth-order valence-electron chi connectivity index (χ4n) is 4.31. The molecule has 0 aromatic heterocycles. The van der Waals surface area contributed by atoms with Crippen LogP contribution in [-0.2, 0) is 24.0 Å². The van der Waals surface area contributed by atoms with Crippen LogP contribution in [-0.4, -0.2) is 95.1 Å². The molecule has 0 saturated carbocycles. The highest BCUT2D eigenvalue weighted by atomic mass is 32.2. The van der Waals surface area contributed by atoms with E-state index in [9.17, 15) is 24.0 Å². The van der Waals surface area contributed by atoms with Gasteiger partial charge in [-0.05, 0) is 42.8 Å². The van der Waals surface area contributed by atoms with Crippen molar-refractivity contribution in [3.63, 3.8) is 0 Å². The van der Waals surface area contributed by atoms with Crippen LogP contribution in [0.1, 0.15) is 74.7 Å². The van der Waals surface area contributed by atoms with Crippen LogP contribution < -0.4 is 11.1 Å². The Hall–Kier alpha value is -2.30. The van der Waals surface area contributed by atoms with Gasteiger partial charge in [-0.1, -0.05) is 55.4 Å². The van der Waals surface area contributed by atoms with Crippen molar-refractivity contribution in [3.05, 3.63) is 0 Å². The third-order valence-corrected chi connectivity index (χ3v) is 7.61. The van der Waals surface area contributed by atoms with Crippen LogP contribution >= 0.6 is 11.8 Å². The Morgan fingerprint density at radius 3 is 1.56 bits per heavy atom. The van der Waals surface area contributed by atoms with Crippen molar-refractivity contribution in [2.45, 2.75) is 98.2 Å². The van der Waals surface area contributed by atoms with Crippen molar-refractivity contribution in [1.82, 2.24) is 20.0 Å². The minimum absolute atomic E-state index is 0.0743. The normalized spacial score (nSPS) is 14.7. The molecule has 4 atom stereocenters. The van der Waals surface area contributed by atoms with Crippen molar-refractivity contribution in [3.8, 4) is 0 Å². The van der Waals surface area contributed by atoms with Gasteiger partial charge in [0.2, 0.25) is 23.6 Å². The number of likely N-dealkylation sites (N-methyl/N-ethyl adjacent to an activating group) is 3. The predicted octanol–water partition coefficient (Wildman–Crippen LogP) is 2.55. The first-order valence-corrected chi connectivity index (χ1v) is 15.1. The van der Waals surface area contributed by atoms with Gasteiger partial charge in [-0.3, -0.25) is 24.0 Å². The van der Waals surface area contributed by atoms with Crippen LogP contribution in [0.4, 0.5) is 0 Å². The molecule has 0 aliphatic heterocycles. The molecule has 0 fully saturated rings. The summed E-state index contributed by atoms with van der Waals surface area (Å²) in [7, 11) is 4.68. The monoisotopic (exact) mass is 571 g/mol. The number of rotatable bonds is 16. The molecule has 10 nitrogen and oxygen atoms in total. The van der Waals surface area contributed by atoms with Gasteiger partial charge >= 0.3 is 0 Å². The van der Waals surface area contributed by atoms with Gasteiger partial charge in [0.05, 0.1) is 0 Å². The molecule has 11 heteroatoms. The van der Waals surface area contributed by atoms with E-state index >= 15 is 0 Å². The lowest BCUT2D eigenvalue weighted by molar-refractivity contribution is -0.147. The number of nitrogens with two attached hydrogens (primary N) is 1. The summed E-state index contributed by atoms with van der Waals surface area (Å²) in [5.74, 6) is -1.91. The quantitative estimate of drug-likeness (QED) is 0.274. The second-order valence-corrected chi connectivity index (χ2v) is 12.9. The average molecular weight is 572 g/mol. The highest BCUT2D eigenvalue weighted by molar-refractivity contribution is 7.99. The predicted molar refractivity (Wildman–Crippen MR) is 158 cm³/mol. The second kappa shape index (κ2) is 16.7.